The van der Waals surface area contributed by atoms with E-state index < -0.39 is 0 Å². The molecule has 0 spiro atoms. The van der Waals surface area contributed by atoms with Crippen LogP contribution in [0.4, 0.5) is 0 Å². The lowest BCUT2D eigenvalue weighted by Crippen LogP contribution is -2.21. The van der Waals surface area contributed by atoms with E-state index in [4.69, 9.17) is 17.3 Å². The predicted molar refractivity (Wildman–Crippen MR) is 74.7 cm³/mol. The van der Waals surface area contributed by atoms with Crippen molar-refractivity contribution < 1.29 is 0 Å². The summed E-state index contributed by atoms with van der Waals surface area (Å²) in [7, 11) is 0. The number of hydrogen-bond acceptors (Lipinski definition) is 1. The summed E-state index contributed by atoms with van der Waals surface area (Å²) in [4.78, 5) is 3.34. The van der Waals surface area contributed by atoms with E-state index in [1.807, 2.05) is 13.0 Å². The molecule has 0 aliphatic heterocycles. The van der Waals surface area contributed by atoms with E-state index in [9.17, 15) is 0 Å². The molecule has 0 aliphatic carbocycles. The van der Waals surface area contributed by atoms with Gasteiger partial charge in [-0.2, -0.15) is 0 Å². The number of aromatic nitrogens is 1. The molecule has 3 N–H and O–H groups in total. The second-order valence-electron chi connectivity index (χ2n) is 5.22. The highest BCUT2D eigenvalue weighted by molar-refractivity contribution is 6.32. The number of rotatable bonds is 3. The Morgan fingerprint density at radius 1 is 1.35 bits per heavy atom. The van der Waals surface area contributed by atoms with Crippen molar-refractivity contribution in [1.29, 1.82) is 0 Å². The first-order valence-corrected chi connectivity index (χ1v) is 6.32. The molecule has 1 aromatic heterocycles. The quantitative estimate of drug-likeness (QED) is 0.856. The van der Waals surface area contributed by atoms with E-state index >= 15 is 0 Å². The van der Waals surface area contributed by atoms with Crippen LogP contribution in [-0.4, -0.2) is 11.5 Å². The van der Waals surface area contributed by atoms with Gasteiger partial charge in [0.05, 0.1) is 5.52 Å². The molecule has 2 rings (SSSR count). The van der Waals surface area contributed by atoms with Crippen molar-refractivity contribution in [1.82, 2.24) is 4.98 Å². The van der Waals surface area contributed by atoms with Crippen molar-refractivity contribution in [3.63, 3.8) is 0 Å². The van der Waals surface area contributed by atoms with Gasteiger partial charge >= 0.3 is 0 Å². The third kappa shape index (κ3) is 2.07. The van der Waals surface area contributed by atoms with Gasteiger partial charge in [0, 0.05) is 16.6 Å². The first-order chi connectivity index (χ1) is 7.97. The first-order valence-electron chi connectivity index (χ1n) is 5.94. The molecule has 0 atom stereocenters. The Bertz CT molecular complexity index is 540. The van der Waals surface area contributed by atoms with E-state index in [1.165, 1.54) is 10.9 Å². The fraction of sp³-hybridized carbons (Fsp3) is 0.429. The minimum atomic E-state index is 0.0905. The second kappa shape index (κ2) is 4.35. The zero-order valence-corrected chi connectivity index (χ0v) is 11.4. The molecule has 0 amide bonds. The van der Waals surface area contributed by atoms with Crippen LogP contribution in [0.25, 0.3) is 10.9 Å². The lowest BCUT2D eigenvalue weighted by molar-refractivity contribution is 0.491. The Balaban J connectivity index is 2.61. The van der Waals surface area contributed by atoms with Gasteiger partial charge in [-0.05, 0) is 42.5 Å². The topological polar surface area (TPSA) is 41.8 Å². The third-order valence-electron chi connectivity index (χ3n) is 3.55. The maximum Gasteiger partial charge on any atom is 0.0501 e. The Morgan fingerprint density at radius 2 is 2.06 bits per heavy atom. The van der Waals surface area contributed by atoms with Crippen molar-refractivity contribution in [3.05, 3.63) is 34.5 Å². The smallest absolute Gasteiger partial charge is 0.0501 e. The summed E-state index contributed by atoms with van der Waals surface area (Å²) >= 11 is 6.13. The summed E-state index contributed by atoms with van der Waals surface area (Å²) in [6.07, 6.45) is 3.06. The lowest BCUT2D eigenvalue weighted by Gasteiger charge is -2.23. The van der Waals surface area contributed by atoms with Crippen LogP contribution in [-0.2, 0) is 5.41 Å². The second-order valence-corrected chi connectivity index (χ2v) is 5.63. The molecule has 17 heavy (non-hydrogen) atoms. The lowest BCUT2D eigenvalue weighted by atomic mass is 9.81. The monoisotopic (exact) mass is 250 g/mol. The summed E-state index contributed by atoms with van der Waals surface area (Å²) in [5.74, 6) is 0. The maximum absolute atomic E-state index is 6.13. The van der Waals surface area contributed by atoms with Gasteiger partial charge in [0.1, 0.15) is 0 Å². The van der Waals surface area contributed by atoms with Crippen molar-refractivity contribution >= 4 is 22.5 Å². The third-order valence-corrected chi connectivity index (χ3v) is 3.96. The number of aromatic amines is 1. The van der Waals surface area contributed by atoms with Gasteiger partial charge in [-0.25, -0.2) is 0 Å². The Kier molecular flexibility index (Phi) is 3.19. The van der Waals surface area contributed by atoms with Gasteiger partial charge in [0.15, 0.2) is 0 Å². The fourth-order valence-electron chi connectivity index (χ4n) is 2.37. The summed E-state index contributed by atoms with van der Waals surface area (Å²) < 4.78 is 0. The van der Waals surface area contributed by atoms with Gasteiger partial charge in [0.2, 0.25) is 0 Å². The predicted octanol–water partition coefficient (Wildman–Crippen LogP) is 3.76. The van der Waals surface area contributed by atoms with Crippen LogP contribution in [0.1, 0.15) is 31.4 Å². The largest absolute Gasteiger partial charge is 0.361 e. The van der Waals surface area contributed by atoms with E-state index in [-0.39, 0.29) is 5.41 Å². The molecule has 2 nitrogen and oxygen atoms in total. The zero-order chi connectivity index (χ0) is 12.6. The van der Waals surface area contributed by atoms with Crippen LogP contribution in [0.2, 0.25) is 5.02 Å². The highest BCUT2D eigenvalue weighted by Crippen LogP contribution is 2.35. The van der Waals surface area contributed by atoms with Crippen LogP contribution in [0.3, 0.4) is 0 Å². The number of H-pyrrole nitrogens is 1. The molecule has 1 aromatic carbocycles. The van der Waals surface area contributed by atoms with Crippen molar-refractivity contribution in [2.24, 2.45) is 5.73 Å². The molecule has 0 saturated heterocycles. The average molecular weight is 251 g/mol. The molecular weight excluding hydrogens is 232 g/mol. The highest BCUT2D eigenvalue weighted by Gasteiger charge is 2.23. The van der Waals surface area contributed by atoms with Gasteiger partial charge in [-0.3, -0.25) is 0 Å². The van der Waals surface area contributed by atoms with E-state index in [0.29, 0.717) is 6.54 Å². The minimum Gasteiger partial charge on any atom is -0.361 e. The Labute approximate surface area is 107 Å². The molecule has 3 heteroatoms. The van der Waals surface area contributed by atoms with Crippen LogP contribution >= 0.6 is 11.6 Å². The van der Waals surface area contributed by atoms with E-state index in [2.05, 4.69) is 31.1 Å². The fourth-order valence-corrected chi connectivity index (χ4v) is 2.53. The molecule has 0 fully saturated rings. The normalized spacial score (nSPS) is 12.3. The summed E-state index contributed by atoms with van der Waals surface area (Å²) in [6.45, 7) is 7.20. The molecule has 0 unspecified atom stereocenters. The molecule has 0 bridgehead atoms. The van der Waals surface area contributed by atoms with Crippen LogP contribution < -0.4 is 5.73 Å². The number of halogens is 1. The van der Waals surface area contributed by atoms with Gasteiger partial charge in [-0.1, -0.05) is 31.5 Å². The highest BCUT2D eigenvalue weighted by atomic mass is 35.5. The molecule has 0 radical (unpaired) electrons. The van der Waals surface area contributed by atoms with E-state index in [0.717, 1.165) is 22.5 Å². The average Bonchev–Trinajstić information content (AvgIpc) is 2.68. The van der Waals surface area contributed by atoms with Gasteiger partial charge in [0.25, 0.3) is 0 Å². The maximum atomic E-state index is 6.13. The van der Waals surface area contributed by atoms with Crippen molar-refractivity contribution in [2.75, 3.05) is 6.54 Å². The summed E-state index contributed by atoms with van der Waals surface area (Å²) in [5, 5.41) is 2.06. The van der Waals surface area contributed by atoms with Gasteiger partial charge in [-0.15, -0.1) is 0 Å². The molecule has 0 saturated carbocycles. The van der Waals surface area contributed by atoms with Gasteiger partial charge < -0.3 is 10.7 Å². The molecule has 2 aromatic rings. The van der Waals surface area contributed by atoms with Crippen LogP contribution in [0, 0.1) is 6.92 Å². The van der Waals surface area contributed by atoms with Crippen molar-refractivity contribution in [3.8, 4) is 0 Å². The molecule has 0 aliphatic rings. The standard InChI is InChI=1S/C14H19ClN2/c1-9-12(15)5-4-10-11(8-17-13(9)10)14(2,3)6-7-16/h4-5,8,17H,6-7,16H2,1-3H3. The SMILES string of the molecule is Cc1c(Cl)ccc2c(C(C)(C)CCN)c[nH]c12. The molecule has 1 heterocycles. The summed E-state index contributed by atoms with van der Waals surface area (Å²) in [5.41, 5.74) is 9.34. The number of aryl methyl sites for hydroxylation is 1. The minimum absolute atomic E-state index is 0.0905. The first kappa shape index (κ1) is 12.5. The number of nitrogens with two attached hydrogens (primary N) is 1. The van der Waals surface area contributed by atoms with Crippen LogP contribution in [0.5, 0.6) is 0 Å². The Hall–Kier alpha value is -0.990. The van der Waals surface area contributed by atoms with Crippen molar-refractivity contribution in [2.45, 2.75) is 32.6 Å². The zero-order valence-electron chi connectivity index (χ0n) is 10.6. The Morgan fingerprint density at radius 3 is 2.71 bits per heavy atom. The number of nitrogens with one attached hydrogen (secondary N) is 1. The number of hydrogen-bond donors (Lipinski definition) is 2. The number of fused-ring (bicyclic) bond motifs is 1. The summed E-state index contributed by atoms with van der Waals surface area (Å²) in [6, 6.07) is 4.06. The molecular formula is C14H19ClN2. The molecule has 92 valence electrons. The van der Waals surface area contributed by atoms with Crippen LogP contribution in [0.15, 0.2) is 18.3 Å². The number of benzene rings is 1. The van der Waals surface area contributed by atoms with E-state index in [1.54, 1.807) is 0 Å².